The molecule has 0 radical (unpaired) electrons. The van der Waals surface area contributed by atoms with Crippen molar-refractivity contribution in [3.8, 4) is 0 Å². The van der Waals surface area contributed by atoms with Crippen molar-refractivity contribution in [3.63, 3.8) is 0 Å². The smallest absolute Gasteiger partial charge is 0.151 e. The lowest BCUT2D eigenvalue weighted by Crippen LogP contribution is -2.23. The van der Waals surface area contributed by atoms with Crippen molar-refractivity contribution in [3.05, 3.63) is 29.3 Å². The number of hydrogen-bond acceptors (Lipinski definition) is 4. The number of anilines is 1. The Morgan fingerprint density at radius 1 is 1.39 bits per heavy atom. The highest BCUT2D eigenvalue weighted by Crippen LogP contribution is 2.25. The largest absolute Gasteiger partial charge is 0.384 e. The Kier molecular flexibility index (Phi) is 4.24. The molecule has 2 N–H and O–H groups in total. The number of hydrogen-bond donors (Lipinski definition) is 2. The minimum absolute atomic E-state index is 0.214. The van der Waals surface area contributed by atoms with Crippen molar-refractivity contribution >= 4 is 15.5 Å². The average molecular weight is 268 g/mol. The predicted octanol–water partition coefficient (Wildman–Crippen LogP) is 1.18. The summed E-state index contributed by atoms with van der Waals surface area (Å²) < 4.78 is 22.7. The van der Waals surface area contributed by atoms with Crippen LogP contribution in [0.25, 0.3) is 0 Å². The van der Waals surface area contributed by atoms with Gasteiger partial charge in [0.1, 0.15) is 0 Å². The second-order valence-corrected chi connectivity index (χ2v) is 7.01. The number of fused-ring (bicyclic) bond motifs is 1. The molecule has 0 saturated heterocycles. The summed E-state index contributed by atoms with van der Waals surface area (Å²) in [5.74, 6) is 0.433. The third kappa shape index (κ3) is 3.23. The van der Waals surface area contributed by atoms with Gasteiger partial charge < -0.3 is 10.6 Å². The second-order valence-electron chi connectivity index (χ2n) is 4.54. The Labute approximate surface area is 109 Å². The van der Waals surface area contributed by atoms with E-state index in [0.29, 0.717) is 6.54 Å². The molecule has 0 bridgehead atoms. The van der Waals surface area contributed by atoms with Crippen molar-refractivity contribution in [2.45, 2.75) is 19.9 Å². The third-order valence-electron chi connectivity index (χ3n) is 3.28. The molecule has 1 aromatic rings. The molecule has 1 aromatic carbocycles. The van der Waals surface area contributed by atoms with E-state index < -0.39 is 9.84 Å². The summed E-state index contributed by atoms with van der Waals surface area (Å²) >= 11 is 0. The highest BCUT2D eigenvalue weighted by molar-refractivity contribution is 7.91. The van der Waals surface area contributed by atoms with Crippen molar-refractivity contribution in [2.24, 2.45) is 0 Å². The molecular weight excluding hydrogens is 248 g/mol. The van der Waals surface area contributed by atoms with Crippen LogP contribution in [0.4, 0.5) is 5.69 Å². The van der Waals surface area contributed by atoms with E-state index in [2.05, 4.69) is 28.8 Å². The standard InChI is InChI=1S/C13H20N2O2S/c1-2-18(16,17)9-8-14-10-12-5-3-4-11-6-7-15-13(11)12/h3-5,14-15H,2,6-10H2,1H3. The fourth-order valence-electron chi connectivity index (χ4n) is 2.15. The zero-order valence-corrected chi connectivity index (χ0v) is 11.5. The lowest BCUT2D eigenvalue weighted by molar-refractivity contribution is 0.592. The van der Waals surface area contributed by atoms with E-state index in [1.807, 2.05) is 0 Å². The fraction of sp³-hybridized carbons (Fsp3) is 0.538. The molecule has 2 rings (SSSR count). The Bertz CT molecular complexity index is 512. The van der Waals surface area contributed by atoms with Gasteiger partial charge in [-0.15, -0.1) is 0 Å². The zero-order valence-electron chi connectivity index (χ0n) is 10.7. The topological polar surface area (TPSA) is 58.2 Å². The quantitative estimate of drug-likeness (QED) is 0.761. The van der Waals surface area contributed by atoms with E-state index in [9.17, 15) is 8.42 Å². The van der Waals surface area contributed by atoms with Gasteiger partial charge in [-0.3, -0.25) is 0 Å². The first kappa shape index (κ1) is 13.4. The maximum Gasteiger partial charge on any atom is 0.151 e. The molecule has 1 aliphatic rings. The van der Waals surface area contributed by atoms with Gasteiger partial charge in [0.05, 0.1) is 5.75 Å². The van der Waals surface area contributed by atoms with Crippen LogP contribution in [0.5, 0.6) is 0 Å². The summed E-state index contributed by atoms with van der Waals surface area (Å²) in [6.45, 7) is 3.91. The fourth-order valence-corrected chi connectivity index (χ4v) is 2.90. The van der Waals surface area contributed by atoms with Gasteiger partial charge in [-0.2, -0.15) is 0 Å². The molecule has 1 aliphatic heterocycles. The minimum atomic E-state index is -2.86. The van der Waals surface area contributed by atoms with Gasteiger partial charge in [-0.25, -0.2) is 8.42 Å². The van der Waals surface area contributed by atoms with Crippen LogP contribution in [0, 0.1) is 0 Å². The van der Waals surface area contributed by atoms with Crippen molar-refractivity contribution in [1.82, 2.24) is 5.32 Å². The zero-order chi connectivity index (χ0) is 13.0. The summed E-state index contributed by atoms with van der Waals surface area (Å²) in [4.78, 5) is 0. The van der Waals surface area contributed by atoms with Gasteiger partial charge in [0.25, 0.3) is 0 Å². The van der Waals surface area contributed by atoms with Crippen LogP contribution < -0.4 is 10.6 Å². The number of rotatable bonds is 6. The second kappa shape index (κ2) is 5.71. The van der Waals surface area contributed by atoms with Gasteiger partial charge in [0.15, 0.2) is 9.84 Å². The maximum atomic E-state index is 11.3. The van der Waals surface area contributed by atoms with Crippen LogP contribution in [0.15, 0.2) is 18.2 Å². The van der Waals surface area contributed by atoms with Gasteiger partial charge in [0.2, 0.25) is 0 Å². The van der Waals surface area contributed by atoms with Crippen molar-refractivity contribution in [1.29, 1.82) is 0 Å². The van der Waals surface area contributed by atoms with Crippen molar-refractivity contribution in [2.75, 3.05) is 29.9 Å². The molecule has 18 heavy (non-hydrogen) atoms. The highest BCUT2D eigenvalue weighted by atomic mass is 32.2. The lowest BCUT2D eigenvalue weighted by Gasteiger charge is -2.10. The highest BCUT2D eigenvalue weighted by Gasteiger charge is 2.13. The van der Waals surface area contributed by atoms with Gasteiger partial charge in [-0.05, 0) is 17.5 Å². The summed E-state index contributed by atoms with van der Waals surface area (Å²) in [6, 6.07) is 6.28. The Hall–Kier alpha value is -1.07. The van der Waals surface area contributed by atoms with E-state index in [-0.39, 0.29) is 11.5 Å². The minimum Gasteiger partial charge on any atom is -0.384 e. The monoisotopic (exact) mass is 268 g/mol. The molecule has 100 valence electrons. The van der Waals surface area contributed by atoms with E-state index >= 15 is 0 Å². The van der Waals surface area contributed by atoms with Crippen LogP contribution in [-0.2, 0) is 22.8 Å². The third-order valence-corrected chi connectivity index (χ3v) is 4.98. The molecule has 1 heterocycles. The van der Waals surface area contributed by atoms with Gasteiger partial charge >= 0.3 is 0 Å². The summed E-state index contributed by atoms with van der Waals surface area (Å²) in [5.41, 5.74) is 3.80. The summed E-state index contributed by atoms with van der Waals surface area (Å²) in [5, 5.41) is 6.58. The van der Waals surface area contributed by atoms with Crippen LogP contribution in [-0.4, -0.2) is 33.0 Å². The Morgan fingerprint density at radius 3 is 3.00 bits per heavy atom. The van der Waals surface area contributed by atoms with Crippen LogP contribution in [0.1, 0.15) is 18.1 Å². The van der Waals surface area contributed by atoms with Crippen molar-refractivity contribution < 1.29 is 8.42 Å². The summed E-state index contributed by atoms with van der Waals surface area (Å²) in [7, 11) is -2.86. The molecule has 0 unspecified atom stereocenters. The predicted molar refractivity (Wildman–Crippen MR) is 74.7 cm³/mol. The number of para-hydroxylation sites is 1. The van der Waals surface area contributed by atoms with E-state index in [1.54, 1.807) is 6.92 Å². The number of sulfone groups is 1. The Balaban J connectivity index is 1.86. The average Bonchev–Trinajstić information content (AvgIpc) is 2.83. The molecule has 0 fully saturated rings. The lowest BCUT2D eigenvalue weighted by atomic mass is 10.1. The number of nitrogens with one attached hydrogen (secondary N) is 2. The SMILES string of the molecule is CCS(=O)(=O)CCNCc1cccc2c1NCC2. The molecule has 0 aliphatic carbocycles. The molecule has 0 spiro atoms. The normalized spacial score (nSPS) is 14.3. The van der Waals surface area contributed by atoms with E-state index in [1.165, 1.54) is 16.8 Å². The van der Waals surface area contributed by atoms with Crippen LogP contribution in [0.2, 0.25) is 0 Å². The molecule has 0 amide bonds. The first-order valence-electron chi connectivity index (χ1n) is 6.38. The van der Waals surface area contributed by atoms with Crippen LogP contribution >= 0.6 is 0 Å². The molecule has 0 aromatic heterocycles. The first-order valence-corrected chi connectivity index (χ1v) is 8.20. The summed E-state index contributed by atoms with van der Waals surface area (Å²) in [6.07, 6.45) is 1.08. The number of benzene rings is 1. The molecule has 4 nitrogen and oxygen atoms in total. The Morgan fingerprint density at radius 2 is 2.22 bits per heavy atom. The van der Waals surface area contributed by atoms with Gasteiger partial charge in [-0.1, -0.05) is 25.1 Å². The van der Waals surface area contributed by atoms with E-state index in [4.69, 9.17) is 0 Å². The maximum absolute atomic E-state index is 11.3. The molecule has 5 heteroatoms. The van der Waals surface area contributed by atoms with Crippen LogP contribution in [0.3, 0.4) is 0 Å². The molecular formula is C13H20N2O2S. The molecule has 0 saturated carbocycles. The van der Waals surface area contributed by atoms with E-state index in [0.717, 1.165) is 19.5 Å². The van der Waals surface area contributed by atoms with Gasteiger partial charge in [0, 0.05) is 31.1 Å². The first-order chi connectivity index (χ1) is 8.62. The molecule has 0 atom stereocenters.